The number of nitrogens with one attached hydrogen (secondary N) is 1. The van der Waals surface area contributed by atoms with Gasteiger partial charge in [0.1, 0.15) is 0 Å². The third kappa shape index (κ3) is 7.33. The molecule has 0 aromatic heterocycles. The highest BCUT2D eigenvalue weighted by molar-refractivity contribution is 5.76. The summed E-state index contributed by atoms with van der Waals surface area (Å²) in [6, 6.07) is 0.0892. The van der Waals surface area contributed by atoms with Gasteiger partial charge >= 0.3 is 0 Å². The maximum atomic E-state index is 11.5. The van der Waals surface area contributed by atoms with Crippen LogP contribution in [0.3, 0.4) is 0 Å². The molecule has 2 unspecified atom stereocenters. The van der Waals surface area contributed by atoms with Gasteiger partial charge in [0.05, 0.1) is 12.6 Å². The molecule has 0 radical (unpaired) electrons. The quantitative estimate of drug-likeness (QED) is 0.637. The molecular weight excluding hydrogens is 192 g/mol. The Bertz CT molecular complexity index is 174. The van der Waals surface area contributed by atoms with E-state index in [4.69, 9.17) is 10.5 Å². The van der Waals surface area contributed by atoms with Crippen molar-refractivity contribution in [3.8, 4) is 0 Å². The van der Waals surface area contributed by atoms with E-state index in [0.717, 1.165) is 19.3 Å². The second kappa shape index (κ2) is 8.68. The van der Waals surface area contributed by atoms with Crippen LogP contribution in [0.25, 0.3) is 0 Å². The van der Waals surface area contributed by atoms with Crippen LogP contribution >= 0.6 is 0 Å². The first-order chi connectivity index (χ1) is 7.13. The molecule has 0 saturated heterocycles. The topological polar surface area (TPSA) is 64.4 Å². The molecule has 0 aliphatic carbocycles. The van der Waals surface area contributed by atoms with Crippen molar-refractivity contribution in [2.45, 2.75) is 51.6 Å². The molecule has 1 amide bonds. The molecule has 4 nitrogen and oxygen atoms in total. The summed E-state index contributed by atoms with van der Waals surface area (Å²) >= 11 is 0. The zero-order valence-corrected chi connectivity index (χ0v) is 10.1. The molecule has 0 aliphatic rings. The first-order valence-electron chi connectivity index (χ1n) is 5.67. The predicted molar refractivity (Wildman–Crippen MR) is 61.6 cm³/mol. The highest BCUT2D eigenvalue weighted by Crippen LogP contribution is 1.99. The summed E-state index contributed by atoms with van der Waals surface area (Å²) in [7, 11) is 1.64. The molecule has 4 heteroatoms. The van der Waals surface area contributed by atoms with Crippen molar-refractivity contribution >= 4 is 5.91 Å². The number of amides is 1. The number of methoxy groups -OCH3 is 1. The lowest BCUT2D eigenvalue weighted by Crippen LogP contribution is -2.40. The standard InChI is InChI=1S/C11H24N2O2/c1-4-6-9(12)7-11(14)13-10(5-2)8-15-3/h9-10H,4-8,12H2,1-3H3,(H,13,14). The van der Waals surface area contributed by atoms with Gasteiger partial charge in [-0.1, -0.05) is 20.3 Å². The van der Waals surface area contributed by atoms with Crippen LogP contribution in [0.15, 0.2) is 0 Å². The molecule has 0 aromatic rings. The molecule has 0 rings (SSSR count). The van der Waals surface area contributed by atoms with Crippen LogP contribution in [0.2, 0.25) is 0 Å². The third-order valence-electron chi connectivity index (χ3n) is 2.33. The number of carbonyl (C=O) groups excluding carboxylic acids is 1. The van der Waals surface area contributed by atoms with Crippen LogP contribution in [0, 0.1) is 0 Å². The molecule has 0 spiro atoms. The van der Waals surface area contributed by atoms with Gasteiger partial charge in [0.2, 0.25) is 5.91 Å². The second-order valence-corrected chi connectivity index (χ2v) is 3.88. The predicted octanol–water partition coefficient (Wildman–Crippen LogP) is 1.05. The van der Waals surface area contributed by atoms with Crippen LogP contribution in [0.1, 0.15) is 39.5 Å². The van der Waals surface area contributed by atoms with Crippen LogP contribution in [-0.4, -0.2) is 31.7 Å². The van der Waals surface area contributed by atoms with Crippen molar-refractivity contribution in [2.75, 3.05) is 13.7 Å². The SMILES string of the molecule is CCCC(N)CC(=O)NC(CC)COC. The average Bonchev–Trinajstić information content (AvgIpc) is 2.17. The van der Waals surface area contributed by atoms with Gasteiger partial charge in [-0.05, 0) is 12.8 Å². The molecular formula is C11H24N2O2. The Morgan fingerprint density at radius 3 is 2.60 bits per heavy atom. The summed E-state index contributed by atoms with van der Waals surface area (Å²) in [6.07, 6.45) is 3.20. The maximum absolute atomic E-state index is 11.5. The summed E-state index contributed by atoms with van der Waals surface area (Å²) in [5.74, 6) is 0.0276. The van der Waals surface area contributed by atoms with Crippen molar-refractivity contribution in [3.05, 3.63) is 0 Å². The molecule has 0 aliphatic heterocycles. The third-order valence-corrected chi connectivity index (χ3v) is 2.33. The van der Waals surface area contributed by atoms with Crippen molar-refractivity contribution in [2.24, 2.45) is 5.73 Å². The number of carbonyl (C=O) groups is 1. The van der Waals surface area contributed by atoms with Crippen molar-refractivity contribution in [1.82, 2.24) is 5.32 Å². The Labute approximate surface area is 92.6 Å². The van der Waals surface area contributed by atoms with Gasteiger partial charge in [-0.25, -0.2) is 0 Å². The van der Waals surface area contributed by atoms with Crippen LogP contribution in [0.5, 0.6) is 0 Å². The smallest absolute Gasteiger partial charge is 0.221 e. The van der Waals surface area contributed by atoms with Crippen molar-refractivity contribution < 1.29 is 9.53 Å². The van der Waals surface area contributed by atoms with Crippen molar-refractivity contribution in [1.29, 1.82) is 0 Å². The fourth-order valence-corrected chi connectivity index (χ4v) is 1.46. The number of hydrogen-bond donors (Lipinski definition) is 2. The van der Waals surface area contributed by atoms with E-state index in [1.807, 2.05) is 6.92 Å². The first-order valence-corrected chi connectivity index (χ1v) is 5.67. The summed E-state index contributed by atoms with van der Waals surface area (Å²) < 4.78 is 5.00. The molecule has 0 fully saturated rings. The highest BCUT2D eigenvalue weighted by Gasteiger charge is 2.12. The first kappa shape index (κ1) is 14.4. The van der Waals surface area contributed by atoms with E-state index in [-0.39, 0.29) is 18.0 Å². The molecule has 2 atom stereocenters. The lowest BCUT2D eigenvalue weighted by molar-refractivity contribution is -0.122. The van der Waals surface area contributed by atoms with Crippen LogP contribution in [0.4, 0.5) is 0 Å². The zero-order valence-electron chi connectivity index (χ0n) is 10.1. The summed E-state index contributed by atoms with van der Waals surface area (Å²) in [6.45, 7) is 4.65. The van der Waals surface area contributed by atoms with Gasteiger partial charge in [-0.15, -0.1) is 0 Å². The minimum atomic E-state index is -0.0185. The fraction of sp³-hybridized carbons (Fsp3) is 0.909. The van der Waals surface area contributed by atoms with E-state index in [0.29, 0.717) is 13.0 Å². The molecule has 0 bridgehead atoms. The minimum absolute atomic E-state index is 0.0185. The Kier molecular flexibility index (Phi) is 8.33. The number of rotatable bonds is 8. The van der Waals surface area contributed by atoms with Crippen LogP contribution < -0.4 is 11.1 Å². The van der Waals surface area contributed by atoms with Gasteiger partial charge < -0.3 is 15.8 Å². The van der Waals surface area contributed by atoms with Gasteiger partial charge in [0.15, 0.2) is 0 Å². The van der Waals surface area contributed by atoms with E-state index in [2.05, 4.69) is 12.2 Å². The Morgan fingerprint density at radius 1 is 1.47 bits per heavy atom. The zero-order chi connectivity index (χ0) is 11.7. The monoisotopic (exact) mass is 216 g/mol. The molecule has 15 heavy (non-hydrogen) atoms. The van der Waals surface area contributed by atoms with E-state index < -0.39 is 0 Å². The lowest BCUT2D eigenvalue weighted by atomic mass is 10.1. The van der Waals surface area contributed by atoms with Crippen LogP contribution in [-0.2, 0) is 9.53 Å². The second-order valence-electron chi connectivity index (χ2n) is 3.88. The summed E-state index contributed by atoms with van der Waals surface area (Å²) in [5.41, 5.74) is 5.78. The Hall–Kier alpha value is -0.610. The normalized spacial score (nSPS) is 14.7. The number of ether oxygens (including phenoxy) is 1. The van der Waals surface area contributed by atoms with E-state index >= 15 is 0 Å². The average molecular weight is 216 g/mol. The molecule has 0 heterocycles. The minimum Gasteiger partial charge on any atom is -0.383 e. The largest absolute Gasteiger partial charge is 0.383 e. The summed E-state index contributed by atoms with van der Waals surface area (Å²) in [5, 5.41) is 2.91. The van der Waals surface area contributed by atoms with E-state index in [9.17, 15) is 4.79 Å². The molecule has 0 saturated carbocycles. The highest BCUT2D eigenvalue weighted by atomic mass is 16.5. The van der Waals surface area contributed by atoms with E-state index in [1.165, 1.54) is 0 Å². The van der Waals surface area contributed by atoms with Gasteiger partial charge in [0.25, 0.3) is 0 Å². The maximum Gasteiger partial charge on any atom is 0.221 e. The fourth-order valence-electron chi connectivity index (χ4n) is 1.46. The van der Waals surface area contributed by atoms with E-state index in [1.54, 1.807) is 7.11 Å². The Balaban J connectivity index is 3.79. The lowest BCUT2D eigenvalue weighted by Gasteiger charge is -2.17. The van der Waals surface area contributed by atoms with Crippen molar-refractivity contribution in [3.63, 3.8) is 0 Å². The number of nitrogens with two attached hydrogens (primary N) is 1. The molecule has 90 valence electrons. The molecule has 3 N–H and O–H groups in total. The Morgan fingerprint density at radius 2 is 2.13 bits per heavy atom. The van der Waals surface area contributed by atoms with Gasteiger partial charge in [-0.3, -0.25) is 4.79 Å². The summed E-state index contributed by atoms with van der Waals surface area (Å²) in [4.78, 5) is 11.5. The molecule has 0 aromatic carbocycles. The number of hydrogen-bond acceptors (Lipinski definition) is 3. The van der Waals surface area contributed by atoms with Gasteiger partial charge in [-0.2, -0.15) is 0 Å². The van der Waals surface area contributed by atoms with Gasteiger partial charge in [0, 0.05) is 19.6 Å².